The van der Waals surface area contributed by atoms with Gasteiger partial charge in [-0.15, -0.1) is 5.10 Å². The van der Waals surface area contributed by atoms with Crippen molar-refractivity contribution in [2.45, 2.75) is 6.54 Å². The van der Waals surface area contributed by atoms with Gasteiger partial charge in [0.2, 0.25) is 11.8 Å². The normalized spacial score (nSPS) is 10.8. The highest BCUT2D eigenvalue weighted by Crippen LogP contribution is 2.21. The Morgan fingerprint density at radius 1 is 1.11 bits per heavy atom. The number of anilines is 1. The van der Waals surface area contributed by atoms with Gasteiger partial charge in [-0.3, -0.25) is 4.79 Å². The molecule has 2 heterocycles. The quantitative estimate of drug-likeness (QED) is 0.532. The smallest absolute Gasteiger partial charge is 0.281 e. The minimum absolute atomic E-state index is 0.223. The predicted molar refractivity (Wildman–Crippen MR) is 103 cm³/mol. The first-order valence-corrected chi connectivity index (χ1v) is 8.78. The first-order chi connectivity index (χ1) is 13.6. The van der Waals surface area contributed by atoms with Crippen molar-refractivity contribution >= 4 is 23.5 Å². The molecule has 140 valence electrons. The number of carbonyl (C=O) groups is 1. The number of benzene rings is 2. The van der Waals surface area contributed by atoms with Gasteiger partial charge in [-0.25, -0.2) is 4.39 Å². The summed E-state index contributed by atoms with van der Waals surface area (Å²) in [6, 6.07) is 16.0. The van der Waals surface area contributed by atoms with E-state index in [-0.39, 0.29) is 17.3 Å². The minimum atomic E-state index is -0.452. The van der Waals surface area contributed by atoms with Crippen LogP contribution in [0.5, 0.6) is 0 Å². The van der Waals surface area contributed by atoms with Gasteiger partial charge in [0.15, 0.2) is 5.76 Å². The Bertz CT molecular complexity index is 1110. The lowest BCUT2D eigenvalue weighted by atomic mass is 10.2. The van der Waals surface area contributed by atoms with E-state index in [1.807, 2.05) is 18.2 Å². The summed E-state index contributed by atoms with van der Waals surface area (Å²) in [5.41, 5.74) is 1.12. The lowest BCUT2D eigenvalue weighted by Crippen LogP contribution is -2.17. The second-order valence-electron chi connectivity index (χ2n) is 5.91. The molecule has 8 heteroatoms. The van der Waals surface area contributed by atoms with E-state index in [9.17, 15) is 9.18 Å². The second kappa shape index (κ2) is 7.66. The molecule has 0 spiro atoms. The van der Waals surface area contributed by atoms with Gasteiger partial charge in [0.25, 0.3) is 5.91 Å². The van der Waals surface area contributed by atoms with E-state index < -0.39 is 11.7 Å². The molecule has 0 saturated heterocycles. The number of aromatic nitrogens is 3. The molecule has 28 heavy (non-hydrogen) atoms. The van der Waals surface area contributed by atoms with E-state index in [0.717, 1.165) is 10.2 Å². The van der Waals surface area contributed by atoms with Crippen LogP contribution in [0, 0.1) is 5.82 Å². The third-order valence-electron chi connectivity index (χ3n) is 4.03. The summed E-state index contributed by atoms with van der Waals surface area (Å²) in [5.74, 6) is 0.0182. The van der Waals surface area contributed by atoms with E-state index in [1.54, 1.807) is 18.2 Å². The molecule has 0 aliphatic carbocycles. The fourth-order valence-corrected chi connectivity index (χ4v) is 2.81. The van der Waals surface area contributed by atoms with Crippen molar-refractivity contribution in [3.05, 3.63) is 88.9 Å². The molecule has 1 N–H and O–H groups in total. The van der Waals surface area contributed by atoms with E-state index in [2.05, 4.69) is 15.4 Å². The number of hydrogen-bond acceptors (Lipinski definition) is 5. The third kappa shape index (κ3) is 3.65. The van der Waals surface area contributed by atoms with Crippen LogP contribution in [0.15, 0.2) is 71.3 Å². The maximum atomic E-state index is 13.2. The molecule has 0 aliphatic heterocycles. The van der Waals surface area contributed by atoms with Gasteiger partial charge in [0.05, 0.1) is 6.26 Å². The number of halogens is 2. The van der Waals surface area contributed by atoms with Gasteiger partial charge >= 0.3 is 0 Å². The van der Waals surface area contributed by atoms with E-state index in [0.29, 0.717) is 17.3 Å². The summed E-state index contributed by atoms with van der Waals surface area (Å²) in [4.78, 5) is 17.3. The van der Waals surface area contributed by atoms with Gasteiger partial charge in [-0.05, 0) is 48.0 Å². The van der Waals surface area contributed by atoms with Crippen molar-refractivity contribution in [2.24, 2.45) is 0 Å². The molecular weight excluding hydrogens is 383 g/mol. The average molecular weight is 397 g/mol. The molecular formula is C20H14ClFN4O2. The number of hydrogen-bond donors (Lipinski definition) is 1. The number of nitrogens with zero attached hydrogens (tertiary/aromatic N) is 3. The molecule has 0 unspecified atom stereocenters. The first-order valence-electron chi connectivity index (χ1n) is 8.40. The Morgan fingerprint density at radius 2 is 1.89 bits per heavy atom. The topological polar surface area (TPSA) is 73.0 Å². The molecule has 2 aromatic carbocycles. The molecule has 0 bridgehead atoms. The van der Waals surface area contributed by atoms with Crippen LogP contribution in [0.4, 0.5) is 10.3 Å². The molecule has 0 aliphatic rings. The lowest BCUT2D eigenvalue weighted by molar-refractivity contribution is 0.0947. The Balaban J connectivity index is 1.68. The Hall–Kier alpha value is -3.45. The summed E-state index contributed by atoms with van der Waals surface area (Å²) in [5, 5.41) is 7.94. The summed E-state index contributed by atoms with van der Waals surface area (Å²) in [7, 11) is 0. The predicted octanol–water partition coefficient (Wildman–Crippen LogP) is 4.63. The number of rotatable bonds is 5. The molecule has 6 nitrogen and oxygen atoms in total. The van der Waals surface area contributed by atoms with E-state index >= 15 is 0 Å². The molecule has 0 radical (unpaired) electrons. The average Bonchev–Trinajstić information content (AvgIpc) is 3.37. The highest BCUT2D eigenvalue weighted by Gasteiger charge is 2.20. The van der Waals surface area contributed by atoms with Crippen LogP contribution in [0.2, 0.25) is 5.02 Å². The molecule has 0 saturated carbocycles. The fraction of sp³-hybridized carbons (Fsp3) is 0.0500. The van der Waals surface area contributed by atoms with Crippen molar-refractivity contribution in [3.63, 3.8) is 0 Å². The van der Waals surface area contributed by atoms with Gasteiger partial charge in [-0.1, -0.05) is 29.8 Å². The Kier molecular flexibility index (Phi) is 4.90. The van der Waals surface area contributed by atoms with Crippen LogP contribution >= 0.6 is 11.6 Å². The number of furan rings is 1. The van der Waals surface area contributed by atoms with Gasteiger partial charge in [0, 0.05) is 17.1 Å². The van der Waals surface area contributed by atoms with Crippen LogP contribution in [-0.4, -0.2) is 20.7 Å². The summed E-state index contributed by atoms with van der Waals surface area (Å²) < 4.78 is 19.6. The van der Waals surface area contributed by atoms with Crippen molar-refractivity contribution in [2.75, 3.05) is 5.32 Å². The van der Waals surface area contributed by atoms with Crippen LogP contribution in [0.1, 0.15) is 15.9 Å². The zero-order valence-electron chi connectivity index (χ0n) is 14.5. The molecule has 4 aromatic rings. The molecule has 4 rings (SSSR count). The van der Waals surface area contributed by atoms with Crippen LogP contribution in [0.3, 0.4) is 0 Å². The standard InChI is InChI=1S/C20H14ClFN4O2/c21-16-5-2-1-4-14(16)12-23-20-24-18(17-6-3-11-28-17)25-26(20)19(27)13-7-9-15(22)10-8-13/h1-11H,12H2,(H,23,24,25). The summed E-state index contributed by atoms with van der Waals surface area (Å²) >= 11 is 6.19. The molecule has 0 amide bonds. The third-order valence-corrected chi connectivity index (χ3v) is 4.40. The van der Waals surface area contributed by atoms with E-state index in [1.165, 1.54) is 30.5 Å². The van der Waals surface area contributed by atoms with Crippen molar-refractivity contribution in [1.82, 2.24) is 14.8 Å². The molecule has 0 fully saturated rings. The zero-order chi connectivity index (χ0) is 19.5. The molecule has 2 aromatic heterocycles. The van der Waals surface area contributed by atoms with Crippen molar-refractivity contribution in [3.8, 4) is 11.6 Å². The van der Waals surface area contributed by atoms with Crippen molar-refractivity contribution < 1.29 is 13.6 Å². The zero-order valence-corrected chi connectivity index (χ0v) is 15.2. The number of carbonyl (C=O) groups excluding carboxylic acids is 1. The maximum Gasteiger partial charge on any atom is 0.281 e. The Morgan fingerprint density at radius 3 is 2.61 bits per heavy atom. The largest absolute Gasteiger partial charge is 0.461 e. The van der Waals surface area contributed by atoms with Gasteiger partial charge in [-0.2, -0.15) is 9.67 Å². The highest BCUT2D eigenvalue weighted by molar-refractivity contribution is 6.31. The van der Waals surface area contributed by atoms with Crippen molar-refractivity contribution in [1.29, 1.82) is 0 Å². The summed E-state index contributed by atoms with van der Waals surface area (Å²) in [6.07, 6.45) is 1.49. The lowest BCUT2D eigenvalue weighted by Gasteiger charge is -2.08. The monoisotopic (exact) mass is 396 g/mol. The molecule has 0 atom stereocenters. The second-order valence-corrected chi connectivity index (χ2v) is 6.31. The fourth-order valence-electron chi connectivity index (χ4n) is 2.61. The first kappa shape index (κ1) is 17.9. The van der Waals surface area contributed by atoms with E-state index in [4.69, 9.17) is 16.0 Å². The Labute approximate surface area is 164 Å². The van der Waals surface area contributed by atoms with Crippen LogP contribution in [-0.2, 0) is 6.54 Å². The van der Waals surface area contributed by atoms with Gasteiger partial charge in [0.1, 0.15) is 5.82 Å². The summed E-state index contributed by atoms with van der Waals surface area (Å²) in [6.45, 7) is 0.340. The highest BCUT2D eigenvalue weighted by atomic mass is 35.5. The van der Waals surface area contributed by atoms with Crippen LogP contribution < -0.4 is 5.32 Å². The SMILES string of the molecule is O=C(c1ccc(F)cc1)n1nc(-c2ccco2)nc1NCc1ccccc1Cl. The van der Waals surface area contributed by atoms with Crippen LogP contribution in [0.25, 0.3) is 11.6 Å². The van der Waals surface area contributed by atoms with Gasteiger partial charge < -0.3 is 9.73 Å². The maximum absolute atomic E-state index is 13.2. The minimum Gasteiger partial charge on any atom is -0.461 e. The number of nitrogens with one attached hydrogen (secondary N) is 1.